The highest BCUT2D eigenvalue weighted by Gasteiger charge is 2.23. The lowest BCUT2D eigenvalue weighted by Crippen LogP contribution is -2.45. The molecule has 1 rings (SSSR count). The van der Waals surface area contributed by atoms with Crippen LogP contribution in [0.1, 0.15) is 18.9 Å². The molecule has 1 unspecified atom stereocenters. The lowest BCUT2D eigenvalue weighted by molar-refractivity contribution is 0.129. The van der Waals surface area contributed by atoms with Gasteiger partial charge in [0.2, 0.25) is 0 Å². The summed E-state index contributed by atoms with van der Waals surface area (Å²) >= 11 is 3.53. The second-order valence-corrected chi connectivity index (χ2v) is 4.77. The van der Waals surface area contributed by atoms with Gasteiger partial charge in [-0.2, -0.15) is 0 Å². The number of benzene rings is 1. The van der Waals surface area contributed by atoms with Crippen LogP contribution in [0.25, 0.3) is 0 Å². The molecule has 2 N–H and O–H groups in total. The summed E-state index contributed by atoms with van der Waals surface area (Å²) in [7, 11) is 1.69. The average molecular weight is 272 g/mol. The van der Waals surface area contributed by atoms with Crippen molar-refractivity contribution in [2.45, 2.75) is 25.3 Å². The molecule has 2 nitrogen and oxygen atoms in total. The third-order valence-electron chi connectivity index (χ3n) is 2.64. The molecule has 3 heteroatoms. The Morgan fingerprint density at radius 2 is 2.07 bits per heavy atom. The molecule has 0 aliphatic carbocycles. The molecule has 0 saturated carbocycles. The first-order valence-corrected chi connectivity index (χ1v) is 5.92. The summed E-state index contributed by atoms with van der Waals surface area (Å²) in [6.07, 6.45) is 1.74. The first-order chi connectivity index (χ1) is 7.11. The Bertz CT molecular complexity index is 316. The molecule has 0 fully saturated rings. The van der Waals surface area contributed by atoms with E-state index in [0.717, 1.165) is 17.3 Å². The molecule has 15 heavy (non-hydrogen) atoms. The van der Waals surface area contributed by atoms with Crippen LogP contribution in [0, 0.1) is 0 Å². The summed E-state index contributed by atoms with van der Waals surface area (Å²) < 4.78 is 6.28. The van der Waals surface area contributed by atoms with Crippen molar-refractivity contribution in [3.63, 3.8) is 0 Å². The van der Waals surface area contributed by atoms with Gasteiger partial charge in [-0.3, -0.25) is 0 Å². The second-order valence-electron chi connectivity index (χ2n) is 3.92. The van der Waals surface area contributed by atoms with Crippen LogP contribution in [0.4, 0.5) is 0 Å². The van der Waals surface area contributed by atoms with E-state index >= 15 is 0 Å². The van der Waals surface area contributed by atoms with Gasteiger partial charge in [0.1, 0.15) is 0 Å². The van der Waals surface area contributed by atoms with Gasteiger partial charge in [0.05, 0.1) is 6.61 Å². The zero-order chi connectivity index (χ0) is 11.3. The fourth-order valence-corrected chi connectivity index (χ4v) is 2.01. The Balaban J connectivity index is 2.79. The van der Waals surface area contributed by atoms with Crippen molar-refractivity contribution in [3.8, 4) is 0 Å². The van der Waals surface area contributed by atoms with E-state index in [1.165, 1.54) is 5.56 Å². The molecule has 0 aliphatic heterocycles. The van der Waals surface area contributed by atoms with Crippen LogP contribution >= 0.6 is 15.9 Å². The van der Waals surface area contributed by atoms with E-state index in [-0.39, 0.29) is 5.54 Å². The smallest absolute Gasteiger partial charge is 0.0645 e. The van der Waals surface area contributed by atoms with Crippen molar-refractivity contribution < 1.29 is 4.74 Å². The van der Waals surface area contributed by atoms with Gasteiger partial charge in [-0.05, 0) is 24.5 Å². The Morgan fingerprint density at radius 3 is 2.60 bits per heavy atom. The van der Waals surface area contributed by atoms with Gasteiger partial charge in [0.15, 0.2) is 0 Å². The summed E-state index contributed by atoms with van der Waals surface area (Å²) in [6, 6.07) is 8.17. The van der Waals surface area contributed by atoms with Crippen LogP contribution in [0.15, 0.2) is 28.7 Å². The van der Waals surface area contributed by atoms with Gasteiger partial charge < -0.3 is 10.5 Å². The minimum absolute atomic E-state index is 0.265. The van der Waals surface area contributed by atoms with Crippen LogP contribution in [0.5, 0.6) is 0 Å². The minimum Gasteiger partial charge on any atom is -0.383 e. The molecular weight excluding hydrogens is 254 g/mol. The summed E-state index contributed by atoms with van der Waals surface area (Å²) in [4.78, 5) is 0. The van der Waals surface area contributed by atoms with Crippen LogP contribution in [-0.4, -0.2) is 19.3 Å². The highest BCUT2D eigenvalue weighted by molar-refractivity contribution is 9.10. The minimum atomic E-state index is -0.265. The largest absolute Gasteiger partial charge is 0.383 e. The van der Waals surface area contributed by atoms with Gasteiger partial charge >= 0.3 is 0 Å². The van der Waals surface area contributed by atoms with E-state index in [2.05, 4.69) is 28.9 Å². The molecule has 0 heterocycles. The molecule has 1 aromatic carbocycles. The number of halogens is 1. The van der Waals surface area contributed by atoms with Crippen molar-refractivity contribution in [1.29, 1.82) is 0 Å². The molecule has 0 radical (unpaired) electrons. The topological polar surface area (TPSA) is 35.2 Å². The van der Waals surface area contributed by atoms with Crippen LogP contribution in [0.2, 0.25) is 0 Å². The van der Waals surface area contributed by atoms with E-state index in [1.54, 1.807) is 7.11 Å². The maximum absolute atomic E-state index is 6.26. The lowest BCUT2D eigenvalue weighted by Gasteiger charge is -2.27. The fourth-order valence-electron chi connectivity index (χ4n) is 1.59. The van der Waals surface area contributed by atoms with Crippen LogP contribution < -0.4 is 5.73 Å². The lowest BCUT2D eigenvalue weighted by atomic mass is 9.90. The van der Waals surface area contributed by atoms with Gasteiger partial charge in [-0.25, -0.2) is 0 Å². The van der Waals surface area contributed by atoms with Crippen molar-refractivity contribution in [2.75, 3.05) is 13.7 Å². The highest BCUT2D eigenvalue weighted by Crippen LogP contribution is 2.22. The normalized spacial score (nSPS) is 14.9. The third kappa shape index (κ3) is 3.59. The molecule has 1 atom stereocenters. The van der Waals surface area contributed by atoms with Gasteiger partial charge in [-0.1, -0.05) is 41.1 Å². The number of hydrogen-bond acceptors (Lipinski definition) is 2. The van der Waals surface area contributed by atoms with E-state index in [4.69, 9.17) is 10.5 Å². The van der Waals surface area contributed by atoms with Gasteiger partial charge in [0, 0.05) is 17.1 Å². The van der Waals surface area contributed by atoms with Gasteiger partial charge in [0.25, 0.3) is 0 Å². The Labute approximate surface area is 99.9 Å². The summed E-state index contributed by atoms with van der Waals surface area (Å²) in [5, 5.41) is 0. The summed E-state index contributed by atoms with van der Waals surface area (Å²) in [6.45, 7) is 2.68. The monoisotopic (exact) mass is 271 g/mol. The Morgan fingerprint density at radius 1 is 1.40 bits per heavy atom. The quantitative estimate of drug-likeness (QED) is 0.894. The molecule has 0 aromatic heterocycles. The van der Waals surface area contributed by atoms with E-state index in [0.29, 0.717) is 6.61 Å². The first kappa shape index (κ1) is 12.7. The zero-order valence-electron chi connectivity index (χ0n) is 9.29. The van der Waals surface area contributed by atoms with Gasteiger partial charge in [-0.15, -0.1) is 0 Å². The number of ether oxygens (including phenoxy) is 1. The summed E-state index contributed by atoms with van der Waals surface area (Å²) in [5.74, 6) is 0. The predicted octanol–water partition coefficient (Wildman–Crippen LogP) is 2.75. The van der Waals surface area contributed by atoms with Crippen molar-refractivity contribution in [2.24, 2.45) is 5.73 Å². The number of rotatable bonds is 5. The molecule has 0 aliphatic rings. The number of nitrogens with two attached hydrogens (primary N) is 1. The number of methoxy groups -OCH3 is 1. The summed E-state index contributed by atoms with van der Waals surface area (Å²) in [5.41, 5.74) is 7.23. The van der Waals surface area contributed by atoms with Crippen LogP contribution in [-0.2, 0) is 11.2 Å². The number of hydrogen-bond donors (Lipinski definition) is 1. The highest BCUT2D eigenvalue weighted by atomic mass is 79.9. The molecule has 84 valence electrons. The maximum Gasteiger partial charge on any atom is 0.0645 e. The Kier molecular flexibility index (Phi) is 4.77. The molecule has 1 aromatic rings. The SMILES string of the molecule is CCC(N)(COC)Cc1ccccc1Br. The molecule has 0 saturated heterocycles. The molecule has 0 amide bonds. The van der Waals surface area contributed by atoms with E-state index in [1.807, 2.05) is 18.2 Å². The molecule has 0 bridgehead atoms. The third-order valence-corrected chi connectivity index (χ3v) is 3.41. The molecular formula is C12H18BrNO. The second kappa shape index (κ2) is 5.64. The van der Waals surface area contributed by atoms with E-state index < -0.39 is 0 Å². The van der Waals surface area contributed by atoms with Crippen molar-refractivity contribution in [1.82, 2.24) is 0 Å². The fraction of sp³-hybridized carbons (Fsp3) is 0.500. The Hall–Kier alpha value is -0.380. The maximum atomic E-state index is 6.26. The van der Waals surface area contributed by atoms with Crippen molar-refractivity contribution in [3.05, 3.63) is 34.3 Å². The first-order valence-electron chi connectivity index (χ1n) is 5.12. The van der Waals surface area contributed by atoms with E-state index in [9.17, 15) is 0 Å². The van der Waals surface area contributed by atoms with Crippen molar-refractivity contribution >= 4 is 15.9 Å². The predicted molar refractivity (Wildman–Crippen MR) is 66.9 cm³/mol. The van der Waals surface area contributed by atoms with Crippen LogP contribution in [0.3, 0.4) is 0 Å². The standard InChI is InChI=1S/C12H18BrNO/c1-3-12(14,9-15-2)8-10-6-4-5-7-11(10)13/h4-7H,3,8-9,14H2,1-2H3. The molecule has 0 spiro atoms. The average Bonchev–Trinajstić information content (AvgIpc) is 2.22. The zero-order valence-corrected chi connectivity index (χ0v) is 10.9.